The second-order valence-corrected chi connectivity index (χ2v) is 8.63. The van der Waals surface area contributed by atoms with Gasteiger partial charge in [0.2, 0.25) is 10.0 Å². The van der Waals surface area contributed by atoms with Gasteiger partial charge in [-0.1, -0.05) is 19.3 Å². The zero-order valence-corrected chi connectivity index (χ0v) is 12.8. The summed E-state index contributed by atoms with van der Waals surface area (Å²) in [7, 11) is -3.17. The lowest BCUT2D eigenvalue weighted by molar-refractivity contribution is 0.102. The van der Waals surface area contributed by atoms with Gasteiger partial charge in [0.25, 0.3) is 0 Å². The summed E-state index contributed by atoms with van der Waals surface area (Å²) in [5.41, 5.74) is 0.453. The van der Waals surface area contributed by atoms with Crippen molar-refractivity contribution < 1.29 is 8.42 Å². The first-order chi connectivity index (χ1) is 8.50. The highest BCUT2D eigenvalue weighted by Crippen LogP contribution is 2.45. The first kappa shape index (κ1) is 14.6. The fourth-order valence-corrected chi connectivity index (χ4v) is 5.19. The number of alkyl halides is 1. The van der Waals surface area contributed by atoms with E-state index in [1.165, 1.54) is 32.1 Å². The predicted octanol–water partition coefficient (Wildman–Crippen LogP) is 2.99. The third-order valence-electron chi connectivity index (χ3n) is 4.78. The van der Waals surface area contributed by atoms with Crippen molar-refractivity contribution >= 4 is 21.6 Å². The summed E-state index contributed by atoms with van der Waals surface area (Å²) < 4.78 is 26.1. The van der Waals surface area contributed by atoms with Gasteiger partial charge in [-0.05, 0) is 38.0 Å². The lowest BCUT2D eigenvalue weighted by Gasteiger charge is -2.44. The SMILES string of the molecule is CC(CCl)S(=O)(=O)N1CCC2(CCCCC2)CC1. The predicted molar refractivity (Wildman–Crippen MR) is 75.4 cm³/mol. The third kappa shape index (κ3) is 2.86. The molecule has 1 atom stereocenters. The fraction of sp³-hybridized carbons (Fsp3) is 1.00. The average Bonchev–Trinajstić information content (AvgIpc) is 2.39. The first-order valence-corrected chi connectivity index (χ1v) is 9.09. The summed E-state index contributed by atoms with van der Waals surface area (Å²) in [6.45, 7) is 3.10. The van der Waals surface area contributed by atoms with Gasteiger partial charge in [-0.2, -0.15) is 0 Å². The van der Waals surface area contributed by atoms with Crippen LogP contribution in [0.3, 0.4) is 0 Å². The normalized spacial score (nSPS) is 27.2. The smallest absolute Gasteiger partial charge is 0.212 e. The van der Waals surface area contributed by atoms with Gasteiger partial charge in [0, 0.05) is 19.0 Å². The van der Waals surface area contributed by atoms with Crippen LogP contribution < -0.4 is 0 Å². The molecule has 0 N–H and O–H groups in total. The van der Waals surface area contributed by atoms with Gasteiger partial charge >= 0.3 is 0 Å². The third-order valence-corrected chi connectivity index (χ3v) is 7.70. The van der Waals surface area contributed by atoms with E-state index in [1.807, 2.05) is 0 Å². The minimum atomic E-state index is -3.17. The van der Waals surface area contributed by atoms with Gasteiger partial charge in [0.15, 0.2) is 0 Å². The molecule has 0 aromatic rings. The lowest BCUT2D eigenvalue weighted by atomic mass is 9.68. The number of hydrogen-bond acceptors (Lipinski definition) is 2. The van der Waals surface area contributed by atoms with Gasteiger partial charge in [-0.15, -0.1) is 11.6 Å². The zero-order valence-electron chi connectivity index (χ0n) is 11.2. The van der Waals surface area contributed by atoms with E-state index >= 15 is 0 Å². The van der Waals surface area contributed by atoms with E-state index in [-0.39, 0.29) is 5.88 Å². The summed E-state index contributed by atoms with van der Waals surface area (Å²) in [5, 5.41) is -0.459. The largest absolute Gasteiger partial charge is 0.217 e. The van der Waals surface area contributed by atoms with E-state index < -0.39 is 15.3 Å². The van der Waals surface area contributed by atoms with Crippen molar-refractivity contribution in [3.8, 4) is 0 Å². The highest BCUT2D eigenvalue weighted by atomic mass is 35.5. The Bertz CT molecular complexity index is 366. The van der Waals surface area contributed by atoms with Crippen LogP contribution in [0.25, 0.3) is 0 Å². The molecule has 1 heterocycles. The Balaban J connectivity index is 1.98. The fourth-order valence-electron chi connectivity index (χ4n) is 3.35. The van der Waals surface area contributed by atoms with Crippen molar-refractivity contribution in [1.29, 1.82) is 0 Å². The van der Waals surface area contributed by atoms with Gasteiger partial charge in [-0.3, -0.25) is 0 Å². The van der Waals surface area contributed by atoms with Crippen LogP contribution in [0.5, 0.6) is 0 Å². The van der Waals surface area contributed by atoms with E-state index in [0.29, 0.717) is 18.5 Å². The van der Waals surface area contributed by atoms with Crippen LogP contribution in [0.4, 0.5) is 0 Å². The molecule has 0 bridgehead atoms. The molecule has 2 rings (SSSR count). The van der Waals surface area contributed by atoms with Crippen molar-refractivity contribution in [2.24, 2.45) is 5.41 Å². The molecule has 3 nitrogen and oxygen atoms in total. The molecule has 1 unspecified atom stereocenters. The number of nitrogens with zero attached hydrogens (tertiary/aromatic N) is 1. The van der Waals surface area contributed by atoms with E-state index in [2.05, 4.69) is 0 Å². The molecule has 1 saturated heterocycles. The highest BCUT2D eigenvalue weighted by molar-refractivity contribution is 7.89. The Kier molecular flexibility index (Phi) is 4.61. The Morgan fingerprint density at radius 1 is 1.11 bits per heavy atom. The maximum atomic E-state index is 12.2. The maximum Gasteiger partial charge on any atom is 0.217 e. The van der Waals surface area contributed by atoms with Crippen molar-refractivity contribution in [2.45, 2.75) is 57.1 Å². The van der Waals surface area contributed by atoms with Crippen molar-refractivity contribution in [2.75, 3.05) is 19.0 Å². The molecule has 2 fully saturated rings. The number of halogens is 1. The maximum absolute atomic E-state index is 12.2. The summed E-state index contributed by atoms with van der Waals surface area (Å²) >= 11 is 5.69. The minimum absolute atomic E-state index is 0.185. The van der Waals surface area contributed by atoms with Gasteiger partial charge in [0.05, 0.1) is 5.25 Å². The number of hydrogen-bond donors (Lipinski definition) is 0. The molecule has 0 amide bonds. The molecular formula is C13H24ClNO2S. The quantitative estimate of drug-likeness (QED) is 0.750. The van der Waals surface area contributed by atoms with Gasteiger partial charge in [-0.25, -0.2) is 12.7 Å². The van der Waals surface area contributed by atoms with Crippen LogP contribution in [-0.2, 0) is 10.0 Å². The molecule has 0 aromatic carbocycles. The first-order valence-electron chi connectivity index (χ1n) is 7.05. The molecule has 1 saturated carbocycles. The van der Waals surface area contributed by atoms with Crippen LogP contribution in [0.15, 0.2) is 0 Å². The lowest BCUT2D eigenvalue weighted by Crippen LogP contribution is -2.46. The van der Waals surface area contributed by atoms with E-state index in [0.717, 1.165) is 12.8 Å². The topological polar surface area (TPSA) is 37.4 Å². The molecule has 0 aromatic heterocycles. The Labute approximate surface area is 116 Å². The summed E-state index contributed by atoms with van der Waals surface area (Å²) in [6.07, 6.45) is 8.68. The highest BCUT2D eigenvalue weighted by Gasteiger charge is 2.39. The molecule has 2 aliphatic rings. The van der Waals surface area contributed by atoms with E-state index in [9.17, 15) is 8.42 Å². The standard InChI is InChI=1S/C13H24ClNO2S/c1-12(11-14)18(16,17)15-9-7-13(8-10-15)5-3-2-4-6-13/h12H,2-11H2,1H3. The number of rotatable bonds is 3. The van der Waals surface area contributed by atoms with E-state index in [4.69, 9.17) is 11.6 Å². The molecule has 1 aliphatic carbocycles. The van der Waals surface area contributed by atoms with Gasteiger partial charge in [0.1, 0.15) is 0 Å². The second kappa shape index (κ2) is 5.68. The van der Waals surface area contributed by atoms with Gasteiger partial charge < -0.3 is 0 Å². The van der Waals surface area contributed by atoms with Crippen LogP contribution in [0.2, 0.25) is 0 Å². The van der Waals surface area contributed by atoms with Crippen LogP contribution in [0.1, 0.15) is 51.9 Å². The summed E-state index contributed by atoms with van der Waals surface area (Å²) in [5.74, 6) is 0.185. The monoisotopic (exact) mass is 293 g/mol. The molecule has 1 spiro atoms. The van der Waals surface area contributed by atoms with Crippen molar-refractivity contribution in [3.05, 3.63) is 0 Å². The second-order valence-electron chi connectivity index (χ2n) is 5.97. The molecule has 1 aliphatic heterocycles. The molecular weight excluding hydrogens is 270 g/mol. The van der Waals surface area contributed by atoms with Crippen molar-refractivity contribution in [3.63, 3.8) is 0 Å². The van der Waals surface area contributed by atoms with Crippen molar-refractivity contribution in [1.82, 2.24) is 4.31 Å². The number of sulfonamides is 1. The molecule has 106 valence electrons. The number of piperidine rings is 1. The molecule has 5 heteroatoms. The van der Waals surface area contributed by atoms with E-state index in [1.54, 1.807) is 11.2 Å². The summed E-state index contributed by atoms with van der Waals surface area (Å²) in [6, 6.07) is 0. The Hall–Kier alpha value is 0.200. The Morgan fingerprint density at radius 2 is 1.67 bits per heavy atom. The molecule has 18 heavy (non-hydrogen) atoms. The zero-order chi connectivity index (χ0) is 13.2. The van der Waals surface area contributed by atoms with Crippen LogP contribution in [-0.4, -0.2) is 36.9 Å². The minimum Gasteiger partial charge on any atom is -0.212 e. The Morgan fingerprint density at radius 3 is 2.17 bits per heavy atom. The van der Waals surface area contributed by atoms with Crippen LogP contribution in [0, 0.1) is 5.41 Å². The molecule has 0 radical (unpaired) electrons. The summed E-state index contributed by atoms with van der Waals surface area (Å²) in [4.78, 5) is 0. The van der Waals surface area contributed by atoms with Crippen LogP contribution >= 0.6 is 11.6 Å². The average molecular weight is 294 g/mol.